The van der Waals surface area contributed by atoms with E-state index in [0.717, 1.165) is 11.4 Å². The van der Waals surface area contributed by atoms with Gasteiger partial charge < -0.3 is 5.32 Å². The highest BCUT2D eigenvalue weighted by Gasteiger charge is 2.10. The summed E-state index contributed by atoms with van der Waals surface area (Å²) in [6.07, 6.45) is 6.39. The van der Waals surface area contributed by atoms with Crippen molar-refractivity contribution in [3.63, 3.8) is 0 Å². The van der Waals surface area contributed by atoms with Crippen LogP contribution in [0.3, 0.4) is 0 Å². The Kier molecular flexibility index (Phi) is 3.42. The fourth-order valence-corrected chi connectivity index (χ4v) is 1.79. The van der Waals surface area contributed by atoms with E-state index in [9.17, 15) is 4.79 Å². The second-order valence-electron chi connectivity index (χ2n) is 4.51. The van der Waals surface area contributed by atoms with Crippen molar-refractivity contribution >= 4 is 11.6 Å². The van der Waals surface area contributed by atoms with Gasteiger partial charge in [-0.05, 0) is 19.1 Å². The summed E-state index contributed by atoms with van der Waals surface area (Å²) in [6.45, 7) is 1.86. The second kappa shape index (κ2) is 5.54. The van der Waals surface area contributed by atoms with Crippen molar-refractivity contribution < 1.29 is 4.79 Å². The summed E-state index contributed by atoms with van der Waals surface area (Å²) >= 11 is 0. The van der Waals surface area contributed by atoms with Crippen molar-refractivity contribution in [3.8, 4) is 5.82 Å². The Morgan fingerprint density at radius 1 is 1.10 bits per heavy atom. The van der Waals surface area contributed by atoms with E-state index in [2.05, 4.69) is 20.4 Å². The highest BCUT2D eigenvalue weighted by Crippen LogP contribution is 2.09. The first-order valence-electron chi connectivity index (χ1n) is 6.42. The first-order chi connectivity index (χ1) is 10.2. The molecule has 0 aliphatic carbocycles. The molecule has 1 aromatic carbocycles. The van der Waals surface area contributed by atoms with Crippen LogP contribution >= 0.6 is 0 Å². The standard InChI is InChI=1S/C15H13N5O/c1-11-7-17-14(9-16-11)20-10-12(8-18-20)15(21)19-13-5-3-2-4-6-13/h2-10H,1H3,(H,19,21). The molecule has 0 fully saturated rings. The van der Waals surface area contributed by atoms with Gasteiger partial charge in [-0.1, -0.05) is 18.2 Å². The molecular formula is C15H13N5O. The number of anilines is 1. The van der Waals surface area contributed by atoms with Gasteiger partial charge in [0.2, 0.25) is 0 Å². The van der Waals surface area contributed by atoms with Gasteiger partial charge in [0.05, 0.1) is 29.8 Å². The van der Waals surface area contributed by atoms with Crippen LogP contribution in [0.1, 0.15) is 16.1 Å². The molecule has 0 radical (unpaired) electrons. The largest absolute Gasteiger partial charge is 0.322 e. The zero-order valence-electron chi connectivity index (χ0n) is 11.4. The number of rotatable bonds is 3. The predicted molar refractivity (Wildman–Crippen MR) is 78.3 cm³/mol. The maximum absolute atomic E-state index is 12.1. The van der Waals surface area contributed by atoms with E-state index in [4.69, 9.17) is 0 Å². The zero-order chi connectivity index (χ0) is 14.7. The lowest BCUT2D eigenvalue weighted by atomic mass is 10.3. The van der Waals surface area contributed by atoms with Crippen LogP contribution in [0.15, 0.2) is 55.1 Å². The van der Waals surface area contributed by atoms with E-state index in [0.29, 0.717) is 11.4 Å². The molecule has 104 valence electrons. The average molecular weight is 279 g/mol. The molecule has 1 N–H and O–H groups in total. The van der Waals surface area contributed by atoms with E-state index in [1.54, 1.807) is 18.6 Å². The van der Waals surface area contributed by atoms with Crippen molar-refractivity contribution in [2.24, 2.45) is 0 Å². The smallest absolute Gasteiger partial charge is 0.258 e. The number of amides is 1. The van der Waals surface area contributed by atoms with Crippen LogP contribution in [0.25, 0.3) is 5.82 Å². The third kappa shape index (κ3) is 2.94. The molecule has 2 heterocycles. The van der Waals surface area contributed by atoms with Crippen molar-refractivity contribution in [3.05, 3.63) is 66.4 Å². The summed E-state index contributed by atoms with van der Waals surface area (Å²) in [6, 6.07) is 9.27. The Hall–Kier alpha value is -3.02. The Bertz CT molecular complexity index is 749. The Morgan fingerprint density at radius 2 is 1.90 bits per heavy atom. The summed E-state index contributed by atoms with van der Waals surface area (Å²) in [7, 11) is 0. The maximum atomic E-state index is 12.1. The van der Waals surface area contributed by atoms with Gasteiger partial charge in [0.25, 0.3) is 5.91 Å². The van der Waals surface area contributed by atoms with Gasteiger partial charge in [-0.15, -0.1) is 0 Å². The minimum Gasteiger partial charge on any atom is -0.322 e. The van der Waals surface area contributed by atoms with Crippen LogP contribution in [0.4, 0.5) is 5.69 Å². The number of para-hydroxylation sites is 1. The van der Waals surface area contributed by atoms with Crippen LogP contribution < -0.4 is 5.32 Å². The van der Waals surface area contributed by atoms with Gasteiger partial charge in [0.15, 0.2) is 5.82 Å². The van der Waals surface area contributed by atoms with Crippen molar-refractivity contribution in [1.29, 1.82) is 0 Å². The molecular weight excluding hydrogens is 266 g/mol. The minimum absolute atomic E-state index is 0.215. The zero-order valence-corrected chi connectivity index (χ0v) is 11.4. The second-order valence-corrected chi connectivity index (χ2v) is 4.51. The summed E-state index contributed by atoms with van der Waals surface area (Å²) in [5, 5.41) is 6.94. The topological polar surface area (TPSA) is 72.7 Å². The molecule has 3 aromatic rings. The number of aromatic nitrogens is 4. The Morgan fingerprint density at radius 3 is 2.62 bits per heavy atom. The maximum Gasteiger partial charge on any atom is 0.258 e. The van der Waals surface area contributed by atoms with Gasteiger partial charge in [0, 0.05) is 11.9 Å². The van der Waals surface area contributed by atoms with E-state index in [1.807, 2.05) is 37.3 Å². The van der Waals surface area contributed by atoms with Crippen molar-refractivity contribution in [1.82, 2.24) is 19.7 Å². The molecule has 2 aromatic heterocycles. The Labute approximate surface area is 121 Å². The molecule has 21 heavy (non-hydrogen) atoms. The number of nitrogens with zero attached hydrogens (tertiary/aromatic N) is 4. The van der Waals surface area contributed by atoms with Gasteiger partial charge in [-0.25, -0.2) is 9.67 Å². The fraction of sp³-hybridized carbons (Fsp3) is 0.0667. The lowest BCUT2D eigenvalue weighted by molar-refractivity contribution is 0.102. The summed E-state index contributed by atoms with van der Waals surface area (Å²) < 4.78 is 1.52. The van der Waals surface area contributed by atoms with Crippen molar-refractivity contribution in [2.45, 2.75) is 6.92 Å². The summed E-state index contributed by atoms with van der Waals surface area (Å²) in [5.74, 6) is 0.354. The molecule has 1 amide bonds. The van der Waals surface area contributed by atoms with E-state index >= 15 is 0 Å². The quantitative estimate of drug-likeness (QED) is 0.798. The molecule has 3 rings (SSSR count). The van der Waals surface area contributed by atoms with Gasteiger partial charge >= 0.3 is 0 Å². The lowest BCUT2D eigenvalue weighted by Gasteiger charge is -2.02. The molecule has 6 nitrogen and oxygen atoms in total. The highest BCUT2D eigenvalue weighted by atomic mass is 16.1. The molecule has 0 aliphatic rings. The molecule has 0 saturated carbocycles. The number of carbonyl (C=O) groups is 1. The minimum atomic E-state index is -0.215. The number of aryl methyl sites for hydroxylation is 1. The molecule has 0 spiro atoms. The molecule has 0 saturated heterocycles. The van der Waals surface area contributed by atoms with Crippen LogP contribution in [-0.2, 0) is 0 Å². The number of carbonyl (C=O) groups excluding carboxylic acids is 1. The van der Waals surface area contributed by atoms with Crippen molar-refractivity contribution in [2.75, 3.05) is 5.32 Å². The van der Waals surface area contributed by atoms with Gasteiger partial charge in [-0.2, -0.15) is 5.10 Å². The molecule has 0 unspecified atom stereocenters. The number of hydrogen-bond acceptors (Lipinski definition) is 4. The summed E-state index contributed by atoms with van der Waals surface area (Å²) in [5.41, 5.74) is 2.03. The summed E-state index contributed by atoms with van der Waals surface area (Å²) in [4.78, 5) is 20.5. The molecule has 0 bridgehead atoms. The predicted octanol–water partition coefficient (Wildman–Crippen LogP) is 2.22. The number of hydrogen-bond donors (Lipinski definition) is 1. The van der Waals surface area contributed by atoms with Gasteiger partial charge in [-0.3, -0.25) is 9.78 Å². The first-order valence-corrected chi connectivity index (χ1v) is 6.42. The molecule has 0 aliphatic heterocycles. The normalized spacial score (nSPS) is 10.3. The number of nitrogens with one attached hydrogen (secondary N) is 1. The molecule has 0 atom stereocenters. The highest BCUT2D eigenvalue weighted by molar-refractivity contribution is 6.03. The SMILES string of the molecule is Cc1cnc(-n2cc(C(=O)Nc3ccccc3)cn2)cn1. The molecule has 6 heteroatoms. The van der Waals surface area contributed by atoms with Crippen LogP contribution in [-0.4, -0.2) is 25.7 Å². The van der Waals surface area contributed by atoms with Crippen LogP contribution in [0, 0.1) is 6.92 Å². The lowest BCUT2D eigenvalue weighted by Crippen LogP contribution is -2.10. The van der Waals surface area contributed by atoms with E-state index < -0.39 is 0 Å². The third-order valence-corrected chi connectivity index (χ3v) is 2.88. The first kappa shape index (κ1) is 13.0. The van der Waals surface area contributed by atoms with E-state index in [1.165, 1.54) is 10.9 Å². The van der Waals surface area contributed by atoms with Crippen LogP contribution in [0.5, 0.6) is 0 Å². The fourth-order valence-electron chi connectivity index (χ4n) is 1.79. The van der Waals surface area contributed by atoms with E-state index in [-0.39, 0.29) is 5.91 Å². The Balaban J connectivity index is 1.78. The third-order valence-electron chi connectivity index (χ3n) is 2.88. The van der Waals surface area contributed by atoms with Crippen LogP contribution in [0.2, 0.25) is 0 Å². The average Bonchev–Trinajstić information content (AvgIpc) is 2.99. The number of benzene rings is 1. The van der Waals surface area contributed by atoms with Gasteiger partial charge in [0.1, 0.15) is 0 Å². The monoisotopic (exact) mass is 279 g/mol.